The Morgan fingerprint density at radius 1 is 1.25 bits per heavy atom. The van der Waals surface area contributed by atoms with Crippen LogP contribution in [-0.4, -0.2) is 42.3 Å². The molecule has 1 unspecified atom stereocenters. The number of Topliss-reactive ketones (excluding diaryl/α,β-unsaturated/α-hetero) is 1. The Bertz CT molecular complexity index is 835. The van der Waals surface area contributed by atoms with Gasteiger partial charge in [-0.2, -0.15) is 13.2 Å². The molecule has 9 heteroatoms. The van der Waals surface area contributed by atoms with Crippen molar-refractivity contribution in [3.05, 3.63) is 33.8 Å². The molecule has 1 aliphatic heterocycles. The van der Waals surface area contributed by atoms with Crippen LogP contribution in [0.5, 0.6) is 0 Å². The minimum absolute atomic E-state index is 0.0549. The lowest BCUT2D eigenvalue weighted by molar-refractivity contribution is -0.152. The van der Waals surface area contributed by atoms with Gasteiger partial charge in [0.1, 0.15) is 6.04 Å². The highest BCUT2D eigenvalue weighted by atomic mass is 79.9. The van der Waals surface area contributed by atoms with Crippen LogP contribution in [0.4, 0.5) is 13.2 Å². The minimum atomic E-state index is -4.70. The zero-order valence-corrected chi connectivity index (χ0v) is 16.9. The molecule has 2 aliphatic rings. The Hall–Kier alpha value is -1.90. The number of esters is 1. The van der Waals surface area contributed by atoms with Crippen molar-refractivity contribution in [2.45, 2.75) is 38.4 Å². The molecule has 1 aliphatic carbocycles. The van der Waals surface area contributed by atoms with E-state index in [-0.39, 0.29) is 23.3 Å². The molecular weight excluding hydrogens is 443 g/mol. The van der Waals surface area contributed by atoms with Gasteiger partial charge in [0.2, 0.25) is 5.91 Å². The maximum absolute atomic E-state index is 13.4. The molecule has 0 spiro atoms. The number of halogens is 4. The second-order valence-electron chi connectivity index (χ2n) is 7.54. The summed E-state index contributed by atoms with van der Waals surface area (Å²) in [6.45, 7) is 1.68. The number of hydrogen-bond acceptors (Lipinski definition) is 4. The van der Waals surface area contributed by atoms with Gasteiger partial charge in [0.25, 0.3) is 0 Å². The predicted molar refractivity (Wildman–Crippen MR) is 96.4 cm³/mol. The summed E-state index contributed by atoms with van der Waals surface area (Å²) in [6.07, 6.45) is -3.40. The van der Waals surface area contributed by atoms with E-state index in [1.807, 2.05) is 0 Å². The molecule has 0 radical (unpaired) electrons. The Morgan fingerprint density at radius 3 is 2.43 bits per heavy atom. The molecule has 2 atom stereocenters. The Labute approximate surface area is 168 Å². The molecule has 1 aromatic rings. The number of amides is 1. The van der Waals surface area contributed by atoms with E-state index < -0.39 is 46.4 Å². The fourth-order valence-electron chi connectivity index (χ4n) is 3.54. The van der Waals surface area contributed by atoms with Crippen LogP contribution in [0.1, 0.15) is 42.1 Å². The number of rotatable bonds is 4. The SMILES string of the molecule is COC(=O)[C@@H]1CC(C(=O)c2ccc(Br)cc2C(F)(F)F)CN1C(=O)C1(C)CC1. The molecule has 2 fully saturated rings. The van der Waals surface area contributed by atoms with Gasteiger partial charge in [-0.15, -0.1) is 0 Å². The van der Waals surface area contributed by atoms with Crippen LogP contribution in [0.3, 0.4) is 0 Å². The first-order valence-electron chi connectivity index (χ1n) is 8.78. The predicted octanol–water partition coefficient (Wildman–Crippen LogP) is 3.84. The van der Waals surface area contributed by atoms with Crippen LogP contribution < -0.4 is 0 Å². The summed E-state index contributed by atoms with van der Waals surface area (Å²) in [5, 5.41) is 0. The van der Waals surface area contributed by atoms with Gasteiger partial charge < -0.3 is 9.64 Å². The van der Waals surface area contributed by atoms with Gasteiger partial charge in [0.05, 0.1) is 12.7 Å². The van der Waals surface area contributed by atoms with Crippen molar-refractivity contribution in [3.63, 3.8) is 0 Å². The molecule has 1 saturated heterocycles. The van der Waals surface area contributed by atoms with E-state index in [1.165, 1.54) is 18.1 Å². The van der Waals surface area contributed by atoms with E-state index in [1.54, 1.807) is 6.92 Å². The molecular formula is C19H19BrF3NO4. The van der Waals surface area contributed by atoms with E-state index in [0.29, 0.717) is 12.8 Å². The van der Waals surface area contributed by atoms with Gasteiger partial charge >= 0.3 is 12.1 Å². The van der Waals surface area contributed by atoms with Crippen molar-refractivity contribution < 1.29 is 32.3 Å². The fraction of sp³-hybridized carbons (Fsp3) is 0.526. The molecule has 0 aromatic heterocycles. The van der Waals surface area contributed by atoms with E-state index in [9.17, 15) is 27.6 Å². The van der Waals surface area contributed by atoms with Gasteiger partial charge in [-0.1, -0.05) is 22.9 Å². The maximum atomic E-state index is 13.4. The normalized spacial score (nSPS) is 23.4. The summed E-state index contributed by atoms with van der Waals surface area (Å²) in [4.78, 5) is 39.1. The number of ketones is 1. The van der Waals surface area contributed by atoms with Crippen LogP contribution in [0.15, 0.2) is 22.7 Å². The van der Waals surface area contributed by atoms with Crippen molar-refractivity contribution in [2.24, 2.45) is 11.3 Å². The van der Waals surface area contributed by atoms with Crippen molar-refractivity contribution >= 4 is 33.6 Å². The smallest absolute Gasteiger partial charge is 0.417 e. The van der Waals surface area contributed by atoms with E-state index in [4.69, 9.17) is 4.74 Å². The molecule has 1 amide bonds. The van der Waals surface area contributed by atoms with Crippen molar-refractivity contribution in [1.82, 2.24) is 4.90 Å². The van der Waals surface area contributed by atoms with Crippen molar-refractivity contribution in [2.75, 3.05) is 13.7 Å². The minimum Gasteiger partial charge on any atom is -0.467 e. The first kappa shape index (κ1) is 20.8. The van der Waals surface area contributed by atoms with Gasteiger partial charge in [0, 0.05) is 27.9 Å². The van der Waals surface area contributed by atoms with Crippen molar-refractivity contribution in [3.8, 4) is 0 Å². The van der Waals surface area contributed by atoms with Gasteiger partial charge in [-0.25, -0.2) is 4.79 Å². The molecule has 28 heavy (non-hydrogen) atoms. The summed E-state index contributed by atoms with van der Waals surface area (Å²) in [7, 11) is 1.18. The zero-order chi connectivity index (χ0) is 20.9. The molecule has 1 saturated carbocycles. The van der Waals surface area contributed by atoms with Gasteiger partial charge in [-0.3, -0.25) is 9.59 Å². The monoisotopic (exact) mass is 461 g/mol. The first-order chi connectivity index (χ1) is 13.0. The number of benzene rings is 1. The second kappa shape index (κ2) is 7.17. The highest BCUT2D eigenvalue weighted by Crippen LogP contribution is 2.48. The maximum Gasteiger partial charge on any atom is 0.417 e. The topological polar surface area (TPSA) is 63.7 Å². The standard InChI is InChI=1S/C19H19BrF3NO4/c1-18(5-6-18)17(27)24-9-10(7-14(24)16(26)28-2)15(25)12-4-3-11(20)8-13(12)19(21,22)23/h3-4,8,10,14H,5-7,9H2,1-2H3/t10?,14-/m0/s1. The number of carbonyl (C=O) groups excluding carboxylic acids is 3. The van der Waals surface area contributed by atoms with Crippen LogP contribution in [-0.2, 0) is 20.5 Å². The van der Waals surface area contributed by atoms with Gasteiger partial charge in [0.15, 0.2) is 5.78 Å². The molecule has 5 nitrogen and oxygen atoms in total. The molecule has 1 heterocycles. The zero-order valence-electron chi connectivity index (χ0n) is 15.3. The number of hydrogen-bond donors (Lipinski definition) is 0. The number of carbonyl (C=O) groups is 3. The first-order valence-corrected chi connectivity index (χ1v) is 9.57. The number of alkyl halides is 3. The van der Waals surface area contributed by atoms with Crippen LogP contribution in [0.2, 0.25) is 0 Å². The third kappa shape index (κ3) is 3.81. The third-order valence-corrected chi connectivity index (χ3v) is 5.97. The number of likely N-dealkylation sites (tertiary alicyclic amines) is 1. The fourth-order valence-corrected chi connectivity index (χ4v) is 3.90. The highest BCUT2D eigenvalue weighted by molar-refractivity contribution is 9.10. The van der Waals surface area contributed by atoms with Crippen LogP contribution in [0, 0.1) is 11.3 Å². The van der Waals surface area contributed by atoms with E-state index in [0.717, 1.165) is 12.1 Å². The van der Waals surface area contributed by atoms with Crippen LogP contribution >= 0.6 is 15.9 Å². The molecule has 0 bridgehead atoms. The molecule has 0 N–H and O–H groups in total. The summed E-state index contributed by atoms with van der Waals surface area (Å²) in [5.74, 6) is -2.56. The second-order valence-corrected chi connectivity index (χ2v) is 8.46. The van der Waals surface area contributed by atoms with Crippen molar-refractivity contribution in [1.29, 1.82) is 0 Å². The van der Waals surface area contributed by atoms with E-state index in [2.05, 4.69) is 15.9 Å². The summed E-state index contributed by atoms with van der Waals surface area (Å²) >= 11 is 2.99. The Morgan fingerprint density at radius 2 is 1.89 bits per heavy atom. The lowest BCUT2D eigenvalue weighted by Gasteiger charge is -2.25. The molecule has 1 aromatic carbocycles. The third-order valence-electron chi connectivity index (χ3n) is 5.47. The largest absolute Gasteiger partial charge is 0.467 e. The summed E-state index contributed by atoms with van der Waals surface area (Å²) < 4.78 is 45.1. The summed E-state index contributed by atoms with van der Waals surface area (Å²) in [6, 6.07) is 2.38. The van der Waals surface area contributed by atoms with E-state index >= 15 is 0 Å². The van der Waals surface area contributed by atoms with Crippen LogP contribution in [0.25, 0.3) is 0 Å². The lowest BCUT2D eigenvalue weighted by atomic mass is 9.92. The molecule has 152 valence electrons. The quantitative estimate of drug-likeness (QED) is 0.504. The number of methoxy groups -OCH3 is 1. The average Bonchev–Trinajstić information content (AvgIpc) is 3.23. The average molecular weight is 462 g/mol. The number of nitrogens with zero attached hydrogens (tertiary/aromatic N) is 1. The van der Waals surface area contributed by atoms with Gasteiger partial charge in [-0.05, 0) is 37.5 Å². The number of ether oxygens (including phenoxy) is 1. The summed E-state index contributed by atoms with van der Waals surface area (Å²) in [5.41, 5.74) is -2.07. The highest BCUT2D eigenvalue weighted by Gasteiger charge is 2.53. The Kier molecular flexibility index (Phi) is 5.33. The Balaban J connectivity index is 1.91. The lowest BCUT2D eigenvalue weighted by Crippen LogP contribution is -2.44. The molecule has 3 rings (SSSR count).